The predicted octanol–water partition coefficient (Wildman–Crippen LogP) is 4.12. The van der Waals surface area contributed by atoms with Gasteiger partial charge in [0.05, 0.1) is 6.20 Å². The molecule has 0 spiro atoms. The number of rotatable bonds is 7. The first-order chi connectivity index (χ1) is 12.6. The van der Waals surface area contributed by atoms with Crippen molar-refractivity contribution in [3.05, 3.63) is 54.6 Å². The van der Waals surface area contributed by atoms with Crippen molar-refractivity contribution >= 4 is 45.9 Å². The Morgan fingerprint density at radius 2 is 2.15 bits per heavy atom. The molecule has 0 radical (unpaired) electrons. The molecule has 0 fully saturated rings. The second-order valence-corrected chi connectivity index (χ2v) is 7.89. The van der Waals surface area contributed by atoms with Gasteiger partial charge in [-0.05, 0) is 30.5 Å². The maximum absolute atomic E-state index is 13.2. The summed E-state index contributed by atoms with van der Waals surface area (Å²) in [5, 5.41) is 11.8. The summed E-state index contributed by atoms with van der Waals surface area (Å²) >= 11 is 4.17. The highest BCUT2D eigenvalue weighted by atomic mass is 32.2. The minimum atomic E-state index is -0.362. The molecule has 0 unspecified atom stereocenters. The van der Waals surface area contributed by atoms with Gasteiger partial charge in [-0.2, -0.15) is 0 Å². The van der Waals surface area contributed by atoms with Crippen molar-refractivity contribution < 1.29 is 9.18 Å². The van der Waals surface area contributed by atoms with Crippen LogP contribution in [0, 0.1) is 5.82 Å². The Hall–Kier alpha value is -2.17. The van der Waals surface area contributed by atoms with Crippen molar-refractivity contribution in [3.63, 3.8) is 0 Å². The van der Waals surface area contributed by atoms with E-state index < -0.39 is 0 Å². The van der Waals surface area contributed by atoms with Crippen LogP contribution in [0.4, 0.5) is 9.52 Å². The molecule has 0 aliphatic rings. The molecule has 2 heterocycles. The van der Waals surface area contributed by atoms with Gasteiger partial charge in [0, 0.05) is 11.4 Å². The number of nitrogens with zero attached hydrogens (tertiary/aromatic N) is 4. The molecule has 2 aromatic heterocycles. The van der Waals surface area contributed by atoms with Gasteiger partial charge in [-0.1, -0.05) is 40.9 Å². The van der Waals surface area contributed by atoms with Crippen molar-refractivity contribution in [2.45, 2.75) is 9.50 Å². The number of benzene rings is 1. The number of anilines is 1. The Labute approximate surface area is 161 Å². The number of nitrogens with one attached hydrogen (secondary N) is 1. The standard InChI is InChI=1S/C16H14FN5OS3/c1-3-8-25-16-21-20-14(26-16)19-13(23)12-9-18-15(24-2)22(12)11-6-4-10(17)5-7-11/h3-7,9H,1,8H2,2H3,(H,19,20,23). The number of amides is 1. The lowest BCUT2D eigenvalue weighted by Gasteiger charge is -2.10. The first kappa shape index (κ1) is 18.6. The van der Waals surface area contributed by atoms with Crippen molar-refractivity contribution in [1.82, 2.24) is 19.7 Å². The lowest BCUT2D eigenvalue weighted by molar-refractivity contribution is 0.102. The fourth-order valence-electron chi connectivity index (χ4n) is 2.09. The van der Waals surface area contributed by atoms with Crippen LogP contribution in [-0.4, -0.2) is 37.7 Å². The smallest absolute Gasteiger partial charge is 0.276 e. The van der Waals surface area contributed by atoms with Gasteiger partial charge in [0.25, 0.3) is 5.91 Å². The summed E-state index contributed by atoms with van der Waals surface area (Å²) in [5.41, 5.74) is 0.981. The van der Waals surface area contributed by atoms with Crippen LogP contribution in [-0.2, 0) is 0 Å². The molecule has 134 valence electrons. The van der Waals surface area contributed by atoms with Gasteiger partial charge in [-0.15, -0.1) is 16.8 Å². The number of carbonyl (C=O) groups excluding carboxylic acids is 1. The Balaban J connectivity index is 1.85. The van der Waals surface area contributed by atoms with Gasteiger partial charge < -0.3 is 0 Å². The number of aromatic nitrogens is 4. The van der Waals surface area contributed by atoms with Crippen LogP contribution in [0.1, 0.15) is 10.5 Å². The van der Waals surface area contributed by atoms with Crippen molar-refractivity contribution in [3.8, 4) is 5.69 Å². The molecule has 0 atom stereocenters. The summed E-state index contributed by atoms with van der Waals surface area (Å²) in [6.07, 6.45) is 5.12. The number of hydrogen-bond acceptors (Lipinski definition) is 7. The highest BCUT2D eigenvalue weighted by molar-refractivity contribution is 8.01. The molecule has 3 aromatic rings. The third kappa shape index (κ3) is 4.14. The van der Waals surface area contributed by atoms with Gasteiger partial charge in [-0.25, -0.2) is 9.37 Å². The predicted molar refractivity (Wildman–Crippen MR) is 104 cm³/mol. The molecule has 0 saturated carbocycles. The summed E-state index contributed by atoms with van der Waals surface area (Å²) in [7, 11) is 0. The average molecular weight is 408 g/mol. The SMILES string of the molecule is C=CCSc1nnc(NC(=O)c2cnc(SC)n2-c2ccc(F)cc2)s1. The van der Waals surface area contributed by atoms with Gasteiger partial charge in [0.1, 0.15) is 11.5 Å². The average Bonchev–Trinajstić information content (AvgIpc) is 3.27. The zero-order chi connectivity index (χ0) is 18.5. The van der Waals surface area contributed by atoms with E-state index in [1.165, 1.54) is 53.2 Å². The van der Waals surface area contributed by atoms with Crippen LogP contribution in [0.5, 0.6) is 0 Å². The normalized spacial score (nSPS) is 10.7. The summed E-state index contributed by atoms with van der Waals surface area (Å²) in [5.74, 6) is 0.0133. The Morgan fingerprint density at radius 1 is 1.38 bits per heavy atom. The fourth-order valence-corrected chi connectivity index (χ4v) is 4.14. The summed E-state index contributed by atoms with van der Waals surface area (Å²) in [6.45, 7) is 3.66. The highest BCUT2D eigenvalue weighted by Gasteiger charge is 2.19. The number of carbonyl (C=O) groups is 1. The fraction of sp³-hybridized carbons (Fsp3) is 0.125. The maximum Gasteiger partial charge on any atom is 0.276 e. The lowest BCUT2D eigenvalue weighted by atomic mass is 10.3. The van der Waals surface area contributed by atoms with E-state index in [1.54, 1.807) is 22.8 Å². The number of halogens is 1. The van der Waals surface area contributed by atoms with E-state index >= 15 is 0 Å². The van der Waals surface area contributed by atoms with Crippen LogP contribution in [0.25, 0.3) is 5.69 Å². The van der Waals surface area contributed by atoms with Crippen LogP contribution in [0.3, 0.4) is 0 Å². The monoisotopic (exact) mass is 407 g/mol. The van der Waals surface area contributed by atoms with E-state index in [-0.39, 0.29) is 11.7 Å². The van der Waals surface area contributed by atoms with Crippen molar-refractivity contribution in [1.29, 1.82) is 0 Å². The van der Waals surface area contributed by atoms with Crippen LogP contribution >= 0.6 is 34.9 Å². The summed E-state index contributed by atoms with van der Waals surface area (Å²) < 4.78 is 15.6. The number of imidazole rings is 1. The highest BCUT2D eigenvalue weighted by Crippen LogP contribution is 2.27. The van der Waals surface area contributed by atoms with Gasteiger partial charge in [-0.3, -0.25) is 14.7 Å². The first-order valence-corrected chi connectivity index (χ1v) is 10.4. The lowest BCUT2D eigenvalue weighted by Crippen LogP contribution is -2.16. The van der Waals surface area contributed by atoms with Crippen molar-refractivity contribution in [2.75, 3.05) is 17.3 Å². The second kappa shape index (κ2) is 8.47. The number of thioether (sulfide) groups is 2. The van der Waals surface area contributed by atoms with Gasteiger partial charge >= 0.3 is 0 Å². The molecule has 1 aromatic carbocycles. The summed E-state index contributed by atoms with van der Waals surface area (Å²) in [6, 6.07) is 5.88. The van der Waals surface area contributed by atoms with E-state index in [0.717, 1.165) is 10.1 Å². The topological polar surface area (TPSA) is 72.7 Å². The van der Waals surface area contributed by atoms with Gasteiger partial charge in [0.15, 0.2) is 9.50 Å². The molecule has 0 bridgehead atoms. The maximum atomic E-state index is 13.2. The van der Waals surface area contributed by atoms with E-state index in [1.807, 2.05) is 6.26 Å². The minimum Gasteiger partial charge on any atom is -0.295 e. The minimum absolute atomic E-state index is 0.330. The molecule has 1 N–H and O–H groups in total. The molecule has 0 aliphatic carbocycles. The van der Waals surface area contributed by atoms with Crippen molar-refractivity contribution in [2.24, 2.45) is 0 Å². The quantitative estimate of drug-likeness (QED) is 0.361. The second-order valence-electron chi connectivity index (χ2n) is 4.87. The molecule has 0 aliphatic heterocycles. The molecule has 1 amide bonds. The molecular weight excluding hydrogens is 393 g/mol. The first-order valence-electron chi connectivity index (χ1n) is 7.38. The van der Waals surface area contributed by atoms with Crippen LogP contribution in [0.15, 0.2) is 52.6 Å². The third-order valence-corrected chi connectivity index (χ3v) is 5.80. The van der Waals surface area contributed by atoms with E-state index in [9.17, 15) is 9.18 Å². The Kier molecular flexibility index (Phi) is 6.07. The van der Waals surface area contributed by atoms with Crippen LogP contribution < -0.4 is 5.32 Å². The van der Waals surface area contributed by atoms with Gasteiger partial charge in [0.2, 0.25) is 5.13 Å². The Bertz CT molecular complexity index is 922. The zero-order valence-electron chi connectivity index (χ0n) is 13.7. The van der Waals surface area contributed by atoms with E-state index in [0.29, 0.717) is 21.7 Å². The van der Waals surface area contributed by atoms with E-state index in [4.69, 9.17) is 0 Å². The molecule has 10 heteroatoms. The molecule has 6 nitrogen and oxygen atoms in total. The molecular formula is C16H14FN5OS3. The zero-order valence-corrected chi connectivity index (χ0v) is 16.1. The Morgan fingerprint density at radius 3 is 2.85 bits per heavy atom. The number of hydrogen-bond donors (Lipinski definition) is 1. The molecule has 26 heavy (non-hydrogen) atoms. The van der Waals surface area contributed by atoms with E-state index in [2.05, 4.69) is 27.1 Å². The third-order valence-electron chi connectivity index (χ3n) is 3.18. The molecule has 0 saturated heterocycles. The largest absolute Gasteiger partial charge is 0.295 e. The van der Waals surface area contributed by atoms with Crippen LogP contribution in [0.2, 0.25) is 0 Å². The molecule has 3 rings (SSSR count). The summed E-state index contributed by atoms with van der Waals surface area (Å²) in [4.78, 5) is 17.0.